The molecule has 1 aromatic heterocycles. The van der Waals surface area contributed by atoms with Crippen molar-refractivity contribution >= 4 is 38.9 Å². The van der Waals surface area contributed by atoms with Gasteiger partial charge in [0.2, 0.25) is 5.95 Å². The van der Waals surface area contributed by atoms with Crippen LogP contribution < -0.4 is 4.72 Å². The average Bonchev–Trinajstić information content (AvgIpc) is 3.11. The molecule has 4 aromatic rings. The Morgan fingerprint density at radius 2 is 1.71 bits per heavy atom. The minimum absolute atomic E-state index is 0.217. The Balaban J connectivity index is 1.67. The molecule has 0 aliphatic rings. The van der Waals surface area contributed by atoms with Gasteiger partial charge in [-0.05, 0) is 43.7 Å². The Morgan fingerprint density at radius 1 is 1.00 bits per heavy atom. The molecular formula is C24H24N4O2S. The first-order valence-corrected chi connectivity index (χ1v) is 11.6. The van der Waals surface area contributed by atoms with Gasteiger partial charge in [-0.15, -0.1) is 0 Å². The van der Waals surface area contributed by atoms with Crippen LogP contribution in [0.5, 0.6) is 0 Å². The molecule has 0 saturated heterocycles. The molecule has 31 heavy (non-hydrogen) atoms. The fourth-order valence-electron chi connectivity index (χ4n) is 3.36. The SMILES string of the molecule is CCCn1c(N=Cc2ccccc2NS(=O)(=O)c2ccc(C)cc2)nc2ccccc21. The van der Waals surface area contributed by atoms with Gasteiger partial charge in [-0.1, -0.05) is 55.0 Å². The van der Waals surface area contributed by atoms with E-state index in [2.05, 4.69) is 26.2 Å². The third-order valence-electron chi connectivity index (χ3n) is 4.94. The number of anilines is 1. The molecule has 0 unspecified atom stereocenters. The van der Waals surface area contributed by atoms with Gasteiger partial charge in [0.15, 0.2) is 0 Å². The quantitative estimate of drug-likeness (QED) is 0.402. The fraction of sp³-hybridized carbons (Fsp3) is 0.167. The molecule has 3 aromatic carbocycles. The van der Waals surface area contributed by atoms with Gasteiger partial charge in [-0.25, -0.2) is 18.4 Å². The number of sulfonamides is 1. The summed E-state index contributed by atoms with van der Waals surface area (Å²) in [6.45, 7) is 4.83. The number of hydrogen-bond acceptors (Lipinski definition) is 4. The molecule has 0 spiro atoms. The molecule has 0 amide bonds. The van der Waals surface area contributed by atoms with E-state index in [0.717, 1.165) is 29.6 Å². The van der Waals surface area contributed by atoms with Crippen LogP contribution in [0.2, 0.25) is 0 Å². The van der Waals surface area contributed by atoms with E-state index in [-0.39, 0.29) is 4.90 Å². The number of benzene rings is 3. The number of fused-ring (bicyclic) bond motifs is 1. The Morgan fingerprint density at radius 3 is 2.48 bits per heavy atom. The van der Waals surface area contributed by atoms with E-state index >= 15 is 0 Å². The normalized spacial score (nSPS) is 11.9. The van der Waals surface area contributed by atoms with Crippen molar-refractivity contribution in [1.29, 1.82) is 0 Å². The molecule has 0 aliphatic heterocycles. The van der Waals surface area contributed by atoms with Crippen LogP contribution in [-0.4, -0.2) is 24.2 Å². The van der Waals surface area contributed by atoms with Crippen LogP contribution in [0.1, 0.15) is 24.5 Å². The minimum atomic E-state index is -3.71. The van der Waals surface area contributed by atoms with Crippen molar-refractivity contribution in [1.82, 2.24) is 9.55 Å². The van der Waals surface area contributed by atoms with Crippen molar-refractivity contribution in [2.75, 3.05) is 4.72 Å². The molecule has 0 atom stereocenters. The molecule has 0 aliphatic carbocycles. The third kappa shape index (κ3) is 4.51. The Labute approximate surface area is 182 Å². The summed E-state index contributed by atoms with van der Waals surface area (Å²) in [5.41, 5.74) is 4.04. The lowest BCUT2D eigenvalue weighted by molar-refractivity contribution is 0.601. The molecule has 4 rings (SSSR count). The lowest BCUT2D eigenvalue weighted by Crippen LogP contribution is -2.14. The van der Waals surface area contributed by atoms with Crippen molar-refractivity contribution in [3.63, 3.8) is 0 Å². The van der Waals surface area contributed by atoms with Crippen molar-refractivity contribution in [2.45, 2.75) is 31.7 Å². The van der Waals surface area contributed by atoms with E-state index in [0.29, 0.717) is 17.2 Å². The van der Waals surface area contributed by atoms with Crippen LogP contribution in [0.15, 0.2) is 82.7 Å². The summed E-state index contributed by atoms with van der Waals surface area (Å²) in [6.07, 6.45) is 2.61. The van der Waals surface area contributed by atoms with E-state index < -0.39 is 10.0 Å². The maximum atomic E-state index is 12.8. The average molecular weight is 433 g/mol. The summed E-state index contributed by atoms with van der Waals surface area (Å²) < 4.78 is 30.4. The molecule has 7 heteroatoms. The van der Waals surface area contributed by atoms with Gasteiger partial charge in [0.05, 0.1) is 21.6 Å². The zero-order valence-corrected chi connectivity index (χ0v) is 18.3. The van der Waals surface area contributed by atoms with Gasteiger partial charge in [0, 0.05) is 18.3 Å². The summed E-state index contributed by atoms with van der Waals surface area (Å²) in [4.78, 5) is 9.45. The minimum Gasteiger partial charge on any atom is -0.308 e. The predicted molar refractivity (Wildman–Crippen MR) is 126 cm³/mol. The van der Waals surface area contributed by atoms with Gasteiger partial charge in [0.1, 0.15) is 0 Å². The summed E-state index contributed by atoms with van der Waals surface area (Å²) in [5, 5.41) is 0. The van der Waals surface area contributed by atoms with Gasteiger partial charge in [-0.2, -0.15) is 0 Å². The largest absolute Gasteiger partial charge is 0.308 e. The number of aliphatic imine (C=N–C) groups is 1. The second-order valence-electron chi connectivity index (χ2n) is 7.32. The highest BCUT2D eigenvalue weighted by Gasteiger charge is 2.15. The van der Waals surface area contributed by atoms with E-state index in [1.807, 2.05) is 43.3 Å². The Hall–Kier alpha value is -3.45. The summed E-state index contributed by atoms with van der Waals surface area (Å²) >= 11 is 0. The molecule has 0 radical (unpaired) electrons. The number of imidazole rings is 1. The van der Waals surface area contributed by atoms with Crippen LogP contribution in [0, 0.1) is 6.92 Å². The number of para-hydroxylation sites is 3. The monoisotopic (exact) mass is 432 g/mol. The van der Waals surface area contributed by atoms with Crippen LogP contribution in [-0.2, 0) is 16.6 Å². The maximum absolute atomic E-state index is 12.8. The summed E-state index contributed by atoms with van der Waals surface area (Å²) in [6, 6.07) is 21.9. The summed E-state index contributed by atoms with van der Waals surface area (Å²) in [7, 11) is -3.71. The van der Waals surface area contributed by atoms with Crippen LogP contribution >= 0.6 is 0 Å². The second-order valence-corrected chi connectivity index (χ2v) is 9.00. The zero-order valence-electron chi connectivity index (χ0n) is 17.5. The number of nitrogens with one attached hydrogen (secondary N) is 1. The number of hydrogen-bond donors (Lipinski definition) is 1. The van der Waals surface area contributed by atoms with Gasteiger partial charge in [-0.3, -0.25) is 4.72 Å². The van der Waals surface area contributed by atoms with Crippen molar-refractivity contribution in [2.24, 2.45) is 4.99 Å². The molecule has 0 fully saturated rings. The van der Waals surface area contributed by atoms with Crippen molar-refractivity contribution in [3.05, 3.63) is 83.9 Å². The van der Waals surface area contributed by atoms with E-state index in [1.165, 1.54) is 0 Å². The lowest BCUT2D eigenvalue weighted by atomic mass is 10.2. The molecule has 158 valence electrons. The Bertz CT molecular complexity index is 1340. The first kappa shape index (κ1) is 20.8. The maximum Gasteiger partial charge on any atom is 0.261 e. The zero-order chi connectivity index (χ0) is 21.8. The number of aromatic nitrogens is 2. The third-order valence-corrected chi connectivity index (χ3v) is 6.32. The highest BCUT2D eigenvalue weighted by atomic mass is 32.2. The van der Waals surface area contributed by atoms with E-state index in [9.17, 15) is 8.42 Å². The van der Waals surface area contributed by atoms with Gasteiger partial charge in [0.25, 0.3) is 10.0 Å². The first-order valence-electron chi connectivity index (χ1n) is 10.2. The highest BCUT2D eigenvalue weighted by Crippen LogP contribution is 2.24. The fourth-order valence-corrected chi connectivity index (χ4v) is 4.44. The highest BCUT2D eigenvalue weighted by molar-refractivity contribution is 7.92. The molecular weight excluding hydrogens is 408 g/mol. The number of rotatable bonds is 7. The molecule has 6 nitrogen and oxygen atoms in total. The van der Waals surface area contributed by atoms with Crippen LogP contribution in [0.3, 0.4) is 0 Å². The predicted octanol–water partition coefficient (Wildman–Crippen LogP) is 5.31. The number of aryl methyl sites for hydroxylation is 2. The van der Waals surface area contributed by atoms with E-state index in [1.54, 1.807) is 42.6 Å². The van der Waals surface area contributed by atoms with Crippen molar-refractivity contribution in [3.8, 4) is 0 Å². The van der Waals surface area contributed by atoms with Crippen LogP contribution in [0.25, 0.3) is 11.0 Å². The van der Waals surface area contributed by atoms with Gasteiger partial charge < -0.3 is 4.57 Å². The summed E-state index contributed by atoms with van der Waals surface area (Å²) in [5.74, 6) is 0.597. The van der Waals surface area contributed by atoms with Crippen LogP contribution in [0.4, 0.5) is 11.6 Å². The molecule has 1 heterocycles. The smallest absolute Gasteiger partial charge is 0.261 e. The molecule has 0 bridgehead atoms. The van der Waals surface area contributed by atoms with E-state index in [4.69, 9.17) is 0 Å². The van der Waals surface area contributed by atoms with Crippen molar-refractivity contribution < 1.29 is 8.42 Å². The molecule has 1 N–H and O–H groups in total. The molecule has 0 saturated carbocycles. The Kier molecular flexibility index (Phi) is 5.86. The number of nitrogens with zero attached hydrogens (tertiary/aromatic N) is 3. The lowest BCUT2D eigenvalue weighted by Gasteiger charge is -2.11. The topological polar surface area (TPSA) is 76.3 Å². The van der Waals surface area contributed by atoms with Gasteiger partial charge >= 0.3 is 0 Å². The first-order chi connectivity index (χ1) is 15.0. The standard InChI is InChI=1S/C24H24N4O2S/c1-3-16-28-23-11-7-6-10-22(23)26-24(28)25-17-19-8-4-5-9-21(19)27-31(29,30)20-14-12-18(2)13-15-20/h4-15,17,27H,3,16H2,1-2H3. The second kappa shape index (κ2) is 8.73.